The Bertz CT molecular complexity index is 886. The molecule has 2 aromatic rings. The minimum absolute atomic E-state index is 0.0385. The zero-order valence-electron chi connectivity index (χ0n) is 15.4. The van der Waals surface area contributed by atoms with Gasteiger partial charge in [0, 0.05) is 40.9 Å². The molecule has 0 atom stereocenters. The summed E-state index contributed by atoms with van der Waals surface area (Å²) in [6.45, 7) is 3.47. The molecule has 148 valence electrons. The van der Waals surface area contributed by atoms with Gasteiger partial charge in [-0.1, -0.05) is 29.3 Å². The number of carbonyl (C=O) groups excluding carboxylic acids is 2. The summed E-state index contributed by atoms with van der Waals surface area (Å²) in [6, 6.07) is 10.4. The van der Waals surface area contributed by atoms with E-state index in [0.29, 0.717) is 21.3 Å². The van der Waals surface area contributed by atoms with E-state index in [2.05, 4.69) is 10.6 Å². The van der Waals surface area contributed by atoms with Crippen LogP contribution in [-0.2, 0) is 4.79 Å². The van der Waals surface area contributed by atoms with E-state index in [-0.39, 0.29) is 18.4 Å². The summed E-state index contributed by atoms with van der Waals surface area (Å²) in [7, 11) is 0. The molecule has 0 radical (unpaired) electrons. The van der Waals surface area contributed by atoms with Gasteiger partial charge in [0.15, 0.2) is 0 Å². The third-order valence-electron chi connectivity index (χ3n) is 4.50. The fraction of sp³-hybridized carbons (Fsp3) is 0.300. The normalized spacial score (nSPS) is 13.9. The number of hydrogen-bond donors (Lipinski definition) is 2. The summed E-state index contributed by atoms with van der Waals surface area (Å²) < 4.78 is 0. The Morgan fingerprint density at radius 3 is 2.61 bits per heavy atom. The molecule has 1 aliphatic heterocycles. The van der Waals surface area contributed by atoms with Crippen molar-refractivity contribution < 1.29 is 9.59 Å². The van der Waals surface area contributed by atoms with Crippen LogP contribution < -0.4 is 10.6 Å². The molecule has 0 aliphatic carbocycles. The molecule has 0 bridgehead atoms. The van der Waals surface area contributed by atoms with Crippen LogP contribution in [0.5, 0.6) is 0 Å². The van der Waals surface area contributed by atoms with E-state index in [0.717, 1.165) is 35.8 Å². The summed E-state index contributed by atoms with van der Waals surface area (Å²) >= 11 is 13.9. The van der Waals surface area contributed by atoms with E-state index < -0.39 is 0 Å². The molecule has 5 nitrogen and oxygen atoms in total. The number of halogens is 2. The summed E-state index contributed by atoms with van der Waals surface area (Å²) in [4.78, 5) is 27.0. The fourth-order valence-corrected chi connectivity index (χ4v) is 4.20. The molecule has 1 fully saturated rings. The van der Waals surface area contributed by atoms with E-state index in [1.54, 1.807) is 18.2 Å². The van der Waals surface area contributed by atoms with E-state index in [1.807, 2.05) is 41.8 Å². The third kappa shape index (κ3) is 5.13. The third-order valence-corrected chi connectivity index (χ3v) is 6.01. The smallest absolute Gasteiger partial charge is 0.254 e. The van der Waals surface area contributed by atoms with Crippen LogP contribution in [0.2, 0.25) is 10.0 Å². The van der Waals surface area contributed by atoms with Gasteiger partial charge in [-0.3, -0.25) is 9.59 Å². The van der Waals surface area contributed by atoms with Gasteiger partial charge in [0.25, 0.3) is 5.91 Å². The van der Waals surface area contributed by atoms with Crippen LogP contribution in [0.1, 0.15) is 15.9 Å². The number of nitrogens with one attached hydrogen (secondary N) is 2. The van der Waals surface area contributed by atoms with Crippen LogP contribution in [0.4, 0.5) is 11.4 Å². The largest absolute Gasteiger partial charge is 0.376 e. The van der Waals surface area contributed by atoms with Crippen molar-refractivity contribution in [3.05, 3.63) is 57.6 Å². The summed E-state index contributed by atoms with van der Waals surface area (Å²) in [6.07, 6.45) is 0. The van der Waals surface area contributed by atoms with Crippen LogP contribution in [0.3, 0.4) is 0 Å². The minimum Gasteiger partial charge on any atom is -0.376 e. The number of thioether (sulfide) groups is 1. The maximum atomic E-state index is 12.8. The van der Waals surface area contributed by atoms with Crippen molar-refractivity contribution in [3.63, 3.8) is 0 Å². The molecule has 1 aliphatic rings. The van der Waals surface area contributed by atoms with Gasteiger partial charge in [-0.25, -0.2) is 0 Å². The second kappa shape index (κ2) is 9.54. The lowest BCUT2D eigenvalue weighted by molar-refractivity contribution is -0.114. The van der Waals surface area contributed by atoms with Crippen LogP contribution in [0.15, 0.2) is 36.4 Å². The molecule has 1 saturated heterocycles. The Morgan fingerprint density at radius 2 is 1.86 bits per heavy atom. The Morgan fingerprint density at radius 1 is 1.11 bits per heavy atom. The quantitative estimate of drug-likeness (QED) is 0.720. The first kappa shape index (κ1) is 20.8. The zero-order valence-corrected chi connectivity index (χ0v) is 17.8. The molecule has 0 aromatic heterocycles. The van der Waals surface area contributed by atoms with E-state index in [1.165, 1.54) is 0 Å². The minimum atomic E-state index is -0.256. The number of anilines is 2. The second-order valence-corrected chi connectivity index (χ2v) is 8.48. The molecule has 28 heavy (non-hydrogen) atoms. The van der Waals surface area contributed by atoms with Crippen molar-refractivity contribution in [2.24, 2.45) is 0 Å². The van der Waals surface area contributed by atoms with Crippen LogP contribution in [0.25, 0.3) is 0 Å². The van der Waals surface area contributed by atoms with Crippen LogP contribution in [-0.4, -0.2) is 47.9 Å². The molecule has 0 spiro atoms. The molecule has 3 rings (SSSR count). The van der Waals surface area contributed by atoms with E-state index in [4.69, 9.17) is 23.2 Å². The lowest BCUT2D eigenvalue weighted by Gasteiger charge is -2.27. The topological polar surface area (TPSA) is 61.4 Å². The van der Waals surface area contributed by atoms with Crippen LogP contribution >= 0.6 is 35.0 Å². The molecule has 1 heterocycles. The first-order valence-corrected chi connectivity index (χ1v) is 10.8. The molecule has 2 amide bonds. The second-order valence-electron chi connectivity index (χ2n) is 6.41. The Hall–Kier alpha value is -1.89. The fourth-order valence-electron chi connectivity index (χ4n) is 2.96. The molecular weight excluding hydrogens is 417 g/mol. The van der Waals surface area contributed by atoms with Gasteiger partial charge in [-0.05, 0) is 42.8 Å². The highest BCUT2D eigenvalue weighted by atomic mass is 35.5. The molecule has 2 N–H and O–H groups in total. The van der Waals surface area contributed by atoms with E-state index >= 15 is 0 Å². The maximum absolute atomic E-state index is 12.8. The highest BCUT2D eigenvalue weighted by Crippen LogP contribution is 2.26. The first-order chi connectivity index (χ1) is 13.5. The van der Waals surface area contributed by atoms with Gasteiger partial charge in [0.1, 0.15) is 0 Å². The van der Waals surface area contributed by atoms with Gasteiger partial charge in [0.2, 0.25) is 5.91 Å². The van der Waals surface area contributed by atoms with Gasteiger partial charge >= 0.3 is 0 Å². The van der Waals surface area contributed by atoms with Crippen LogP contribution in [0, 0.1) is 6.92 Å². The number of carbonyl (C=O) groups is 2. The standard InChI is InChI=1S/C20H21Cl2N3O2S/c1-13-15(20(27)25-7-9-28-10-8-25)3-2-4-17(13)23-12-19(26)24-18-11-14(21)5-6-16(18)22/h2-6,11,23H,7-10,12H2,1H3,(H,24,26). The monoisotopic (exact) mass is 437 g/mol. The van der Waals surface area contributed by atoms with Crippen molar-refractivity contribution in [3.8, 4) is 0 Å². The van der Waals surface area contributed by atoms with Crippen molar-refractivity contribution >= 4 is 58.2 Å². The van der Waals surface area contributed by atoms with Crippen molar-refractivity contribution in [2.75, 3.05) is 41.8 Å². The average molecular weight is 438 g/mol. The number of nitrogens with zero attached hydrogens (tertiary/aromatic N) is 1. The maximum Gasteiger partial charge on any atom is 0.254 e. The SMILES string of the molecule is Cc1c(NCC(=O)Nc2cc(Cl)ccc2Cl)cccc1C(=O)N1CCSCC1. The number of benzene rings is 2. The zero-order chi connectivity index (χ0) is 20.1. The molecule has 8 heteroatoms. The predicted octanol–water partition coefficient (Wildman–Crippen LogP) is 4.54. The van der Waals surface area contributed by atoms with E-state index in [9.17, 15) is 9.59 Å². The Balaban J connectivity index is 1.65. The van der Waals surface area contributed by atoms with Gasteiger partial charge < -0.3 is 15.5 Å². The number of rotatable bonds is 5. The molecule has 2 aromatic carbocycles. The van der Waals surface area contributed by atoms with Gasteiger partial charge in [0.05, 0.1) is 17.3 Å². The average Bonchev–Trinajstić information content (AvgIpc) is 2.70. The summed E-state index contributed by atoms with van der Waals surface area (Å²) in [5.74, 6) is 1.72. The Kier molecular flexibility index (Phi) is 7.10. The van der Waals surface area contributed by atoms with Gasteiger partial charge in [-0.2, -0.15) is 11.8 Å². The predicted molar refractivity (Wildman–Crippen MR) is 118 cm³/mol. The highest BCUT2D eigenvalue weighted by Gasteiger charge is 2.21. The number of amides is 2. The molecule has 0 unspecified atom stereocenters. The molecule has 0 saturated carbocycles. The lowest BCUT2D eigenvalue weighted by Crippen LogP contribution is -2.38. The lowest BCUT2D eigenvalue weighted by atomic mass is 10.1. The van der Waals surface area contributed by atoms with Crippen molar-refractivity contribution in [1.29, 1.82) is 0 Å². The summed E-state index contributed by atoms with van der Waals surface area (Å²) in [5.41, 5.74) is 2.71. The van der Waals surface area contributed by atoms with Gasteiger partial charge in [-0.15, -0.1) is 0 Å². The first-order valence-electron chi connectivity index (χ1n) is 8.91. The highest BCUT2D eigenvalue weighted by molar-refractivity contribution is 7.99. The molecular formula is C20H21Cl2N3O2S. The Labute approximate surface area is 178 Å². The van der Waals surface area contributed by atoms with Crippen molar-refractivity contribution in [1.82, 2.24) is 4.90 Å². The van der Waals surface area contributed by atoms with Crippen molar-refractivity contribution in [2.45, 2.75) is 6.92 Å². The summed E-state index contributed by atoms with van der Waals surface area (Å²) in [5, 5.41) is 6.75. The number of hydrogen-bond acceptors (Lipinski definition) is 4.